The zero-order valence-corrected chi connectivity index (χ0v) is 18.4. The van der Waals surface area contributed by atoms with Crippen molar-refractivity contribution in [2.75, 3.05) is 24.2 Å². The first-order valence-electron chi connectivity index (χ1n) is 10.1. The minimum absolute atomic E-state index is 0.254. The van der Waals surface area contributed by atoms with Gasteiger partial charge in [0.15, 0.2) is 0 Å². The van der Waals surface area contributed by atoms with Crippen LogP contribution in [0.2, 0.25) is 0 Å². The molecular weight excluding hydrogens is 469 g/mol. The number of hydrogen-bond acceptors (Lipinski definition) is 3. The molecular formula is C21H22F5N3O3S. The molecule has 0 aliphatic carbocycles. The molecule has 0 unspecified atom stereocenters. The predicted octanol–water partition coefficient (Wildman–Crippen LogP) is 4.34. The lowest BCUT2D eigenvalue weighted by molar-refractivity contribution is -0.0339. The van der Waals surface area contributed by atoms with Crippen molar-refractivity contribution in [1.82, 2.24) is 9.62 Å². The Labute approximate surface area is 187 Å². The van der Waals surface area contributed by atoms with Crippen molar-refractivity contribution in [2.45, 2.75) is 31.7 Å². The maximum atomic E-state index is 14.5. The van der Waals surface area contributed by atoms with Crippen LogP contribution < -0.4 is 10.0 Å². The van der Waals surface area contributed by atoms with Crippen molar-refractivity contribution in [2.24, 2.45) is 0 Å². The predicted molar refractivity (Wildman–Crippen MR) is 113 cm³/mol. The number of amides is 2. The average molecular weight is 491 g/mol. The SMILES string of the molecule is CCS(=O)(=O)N[C@@H]1CCN(C(=O)Nc2c(F)cccc2-c2c(F)cccc2F)CCC1(F)F. The number of carbonyl (C=O) groups excluding carboxylic acids is 1. The van der Waals surface area contributed by atoms with E-state index in [4.69, 9.17) is 0 Å². The Kier molecular flexibility index (Phi) is 7.27. The highest BCUT2D eigenvalue weighted by molar-refractivity contribution is 7.89. The molecule has 1 fully saturated rings. The summed E-state index contributed by atoms with van der Waals surface area (Å²) in [5.74, 6) is -6.73. The van der Waals surface area contributed by atoms with Crippen molar-refractivity contribution in [1.29, 1.82) is 0 Å². The fourth-order valence-corrected chi connectivity index (χ4v) is 4.41. The summed E-state index contributed by atoms with van der Waals surface area (Å²) in [6.45, 7) is 0.610. The lowest BCUT2D eigenvalue weighted by atomic mass is 10.0. The molecule has 0 bridgehead atoms. The lowest BCUT2D eigenvalue weighted by Crippen LogP contribution is -2.47. The minimum Gasteiger partial charge on any atom is -0.324 e. The molecule has 0 spiro atoms. The average Bonchev–Trinajstić information content (AvgIpc) is 2.88. The second-order valence-corrected chi connectivity index (χ2v) is 9.59. The van der Waals surface area contributed by atoms with E-state index in [1.807, 2.05) is 4.72 Å². The van der Waals surface area contributed by atoms with Crippen LogP contribution in [0.25, 0.3) is 11.1 Å². The Hall–Kier alpha value is -2.73. The molecule has 12 heteroatoms. The summed E-state index contributed by atoms with van der Waals surface area (Å²) in [6.07, 6.45) is -1.21. The highest BCUT2D eigenvalue weighted by Crippen LogP contribution is 2.35. The van der Waals surface area contributed by atoms with Crippen LogP contribution in [0.1, 0.15) is 19.8 Å². The number of benzene rings is 2. The van der Waals surface area contributed by atoms with Gasteiger partial charge in [-0.3, -0.25) is 0 Å². The number of rotatable bonds is 5. The maximum Gasteiger partial charge on any atom is 0.321 e. The van der Waals surface area contributed by atoms with Gasteiger partial charge in [0, 0.05) is 25.1 Å². The number of alkyl halides is 2. The van der Waals surface area contributed by atoms with E-state index in [0.29, 0.717) is 0 Å². The van der Waals surface area contributed by atoms with Crippen molar-refractivity contribution in [3.05, 3.63) is 53.8 Å². The van der Waals surface area contributed by atoms with E-state index >= 15 is 0 Å². The van der Waals surface area contributed by atoms with E-state index in [2.05, 4.69) is 5.32 Å². The summed E-state index contributed by atoms with van der Waals surface area (Å²) in [6, 6.07) is 3.81. The molecule has 0 aromatic heterocycles. The van der Waals surface area contributed by atoms with Gasteiger partial charge < -0.3 is 10.2 Å². The fourth-order valence-electron chi connectivity index (χ4n) is 3.52. The molecule has 2 aromatic rings. The number of urea groups is 1. The van der Waals surface area contributed by atoms with E-state index in [9.17, 15) is 35.2 Å². The first kappa shape index (κ1) is 24.9. The summed E-state index contributed by atoms with van der Waals surface area (Å²) in [5, 5.41) is 2.23. The van der Waals surface area contributed by atoms with Gasteiger partial charge >= 0.3 is 6.03 Å². The Balaban J connectivity index is 1.84. The van der Waals surface area contributed by atoms with E-state index in [1.165, 1.54) is 19.1 Å². The molecule has 3 rings (SSSR count). The fraction of sp³-hybridized carbons (Fsp3) is 0.381. The molecule has 0 radical (unpaired) electrons. The van der Waals surface area contributed by atoms with Crippen LogP contribution in [-0.2, 0) is 10.0 Å². The second-order valence-electron chi connectivity index (χ2n) is 7.55. The van der Waals surface area contributed by atoms with E-state index in [-0.39, 0.29) is 24.3 Å². The zero-order chi connectivity index (χ0) is 24.4. The quantitative estimate of drug-likeness (QED) is 0.611. The minimum atomic E-state index is -3.91. The summed E-state index contributed by atoms with van der Waals surface area (Å²) in [4.78, 5) is 13.7. The summed E-state index contributed by atoms with van der Waals surface area (Å²) >= 11 is 0. The van der Waals surface area contributed by atoms with E-state index < -0.39 is 69.7 Å². The topological polar surface area (TPSA) is 78.5 Å². The third-order valence-electron chi connectivity index (χ3n) is 5.38. The number of carbonyl (C=O) groups is 1. The first-order chi connectivity index (χ1) is 15.4. The van der Waals surface area contributed by atoms with Crippen molar-refractivity contribution < 1.29 is 35.2 Å². The van der Waals surface area contributed by atoms with Gasteiger partial charge in [0.1, 0.15) is 17.5 Å². The summed E-state index contributed by atoms with van der Waals surface area (Å²) in [7, 11) is -3.91. The van der Waals surface area contributed by atoms with E-state index in [0.717, 1.165) is 29.2 Å². The molecule has 6 nitrogen and oxygen atoms in total. The number of para-hydroxylation sites is 1. The number of hydrogen-bond donors (Lipinski definition) is 2. The normalized spacial score (nSPS) is 18.6. The monoisotopic (exact) mass is 491 g/mol. The molecule has 1 saturated heterocycles. The smallest absolute Gasteiger partial charge is 0.321 e. The molecule has 33 heavy (non-hydrogen) atoms. The molecule has 1 atom stereocenters. The van der Waals surface area contributed by atoms with Crippen LogP contribution in [0.4, 0.5) is 32.4 Å². The Morgan fingerprint density at radius 1 is 1.06 bits per heavy atom. The number of anilines is 1. The molecule has 2 N–H and O–H groups in total. The number of nitrogens with one attached hydrogen (secondary N) is 2. The largest absolute Gasteiger partial charge is 0.324 e. The molecule has 2 amide bonds. The van der Waals surface area contributed by atoms with Crippen LogP contribution in [0.3, 0.4) is 0 Å². The number of likely N-dealkylation sites (tertiary alicyclic amines) is 1. The van der Waals surface area contributed by atoms with Gasteiger partial charge in [0.2, 0.25) is 10.0 Å². The molecule has 180 valence electrons. The summed E-state index contributed by atoms with van der Waals surface area (Å²) in [5.41, 5.74) is -1.32. The number of nitrogens with zero attached hydrogens (tertiary/aromatic N) is 1. The standard InChI is InChI=1S/C21H22F5N3O3S/c1-2-33(31,32)28-17-9-11-29(12-10-21(17,25)26)20(30)27-19-13(5-3-8-16(19)24)18-14(22)6-4-7-15(18)23/h3-8,17,28H,2,9-12H2,1H3,(H,27,30)/t17-/m1/s1. The van der Waals surface area contributed by atoms with E-state index in [1.54, 1.807) is 0 Å². The van der Waals surface area contributed by atoms with Gasteiger partial charge in [0.05, 0.1) is 23.0 Å². The summed E-state index contributed by atoms with van der Waals surface area (Å²) < 4.78 is 97.5. The van der Waals surface area contributed by atoms with Crippen molar-refractivity contribution >= 4 is 21.7 Å². The van der Waals surface area contributed by atoms with Gasteiger partial charge in [-0.25, -0.2) is 39.9 Å². The zero-order valence-electron chi connectivity index (χ0n) is 17.5. The molecule has 1 aliphatic heterocycles. The maximum absolute atomic E-state index is 14.5. The number of halogens is 5. The van der Waals surface area contributed by atoms with Crippen LogP contribution in [0, 0.1) is 17.5 Å². The highest BCUT2D eigenvalue weighted by atomic mass is 32.2. The number of sulfonamides is 1. The van der Waals surface area contributed by atoms with Crippen LogP contribution in [0.15, 0.2) is 36.4 Å². The van der Waals surface area contributed by atoms with Gasteiger partial charge in [-0.2, -0.15) is 0 Å². The third kappa shape index (κ3) is 5.61. The van der Waals surface area contributed by atoms with Gasteiger partial charge in [-0.05, 0) is 31.5 Å². The van der Waals surface area contributed by atoms with Crippen LogP contribution >= 0.6 is 0 Å². The van der Waals surface area contributed by atoms with Crippen LogP contribution in [-0.4, -0.2) is 50.2 Å². The van der Waals surface area contributed by atoms with Gasteiger partial charge in [-0.1, -0.05) is 18.2 Å². The van der Waals surface area contributed by atoms with Gasteiger partial charge in [-0.15, -0.1) is 0 Å². The molecule has 1 aliphatic rings. The molecule has 2 aromatic carbocycles. The second kappa shape index (κ2) is 9.64. The first-order valence-corrected chi connectivity index (χ1v) is 11.8. The molecule has 1 heterocycles. The molecule has 0 saturated carbocycles. The Morgan fingerprint density at radius 2 is 1.67 bits per heavy atom. The van der Waals surface area contributed by atoms with Crippen LogP contribution in [0.5, 0.6) is 0 Å². The third-order valence-corrected chi connectivity index (χ3v) is 6.78. The van der Waals surface area contributed by atoms with Crippen molar-refractivity contribution in [3.63, 3.8) is 0 Å². The Bertz CT molecular complexity index is 1120. The van der Waals surface area contributed by atoms with Crippen molar-refractivity contribution in [3.8, 4) is 11.1 Å². The highest BCUT2D eigenvalue weighted by Gasteiger charge is 2.44. The Morgan fingerprint density at radius 3 is 2.30 bits per heavy atom. The van der Waals surface area contributed by atoms with Gasteiger partial charge in [0.25, 0.3) is 5.92 Å². The lowest BCUT2D eigenvalue weighted by Gasteiger charge is -2.24.